The van der Waals surface area contributed by atoms with E-state index in [1.165, 1.54) is 0 Å². The summed E-state index contributed by atoms with van der Waals surface area (Å²) in [6.07, 6.45) is 0.921. The summed E-state index contributed by atoms with van der Waals surface area (Å²) >= 11 is 0. The van der Waals surface area contributed by atoms with E-state index in [-0.39, 0.29) is 5.82 Å². The molecule has 0 radical (unpaired) electrons. The third-order valence-corrected chi connectivity index (χ3v) is 3.42. The van der Waals surface area contributed by atoms with Crippen LogP contribution in [0.3, 0.4) is 0 Å². The fraction of sp³-hybridized carbons (Fsp3) is 0.571. The van der Waals surface area contributed by atoms with E-state index < -0.39 is 0 Å². The minimum atomic E-state index is -0.127. The maximum Gasteiger partial charge on any atom is 0.146 e. The molecule has 1 N–H and O–H groups in total. The number of nitrogens with zero attached hydrogens (tertiary/aromatic N) is 2. The SMILES string of the molecule is CN(C)c1ccc(CCN2CCNCC2)cc1F. The molecule has 0 unspecified atom stereocenters. The van der Waals surface area contributed by atoms with Gasteiger partial charge in [-0.1, -0.05) is 6.07 Å². The van der Waals surface area contributed by atoms with Crippen molar-refractivity contribution in [1.82, 2.24) is 10.2 Å². The van der Waals surface area contributed by atoms with Crippen molar-refractivity contribution in [2.24, 2.45) is 0 Å². The van der Waals surface area contributed by atoms with E-state index in [9.17, 15) is 4.39 Å². The van der Waals surface area contributed by atoms with Crippen molar-refractivity contribution in [3.8, 4) is 0 Å². The molecular weight excluding hydrogens is 229 g/mol. The number of piperazine rings is 1. The van der Waals surface area contributed by atoms with Crippen LogP contribution in [-0.2, 0) is 6.42 Å². The van der Waals surface area contributed by atoms with Gasteiger partial charge >= 0.3 is 0 Å². The van der Waals surface area contributed by atoms with Crippen molar-refractivity contribution >= 4 is 5.69 Å². The summed E-state index contributed by atoms with van der Waals surface area (Å²) in [5, 5.41) is 3.33. The van der Waals surface area contributed by atoms with Crippen LogP contribution < -0.4 is 10.2 Å². The molecule has 18 heavy (non-hydrogen) atoms. The molecule has 1 aliphatic rings. The van der Waals surface area contributed by atoms with Gasteiger partial charge in [-0.15, -0.1) is 0 Å². The second kappa shape index (κ2) is 6.16. The molecule has 0 bridgehead atoms. The summed E-state index contributed by atoms with van der Waals surface area (Å²) in [5.41, 5.74) is 1.73. The van der Waals surface area contributed by atoms with E-state index in [1.807, 2.05) is 26.2 Å². The van der Waals surface area contributed by atoms with E-state index in [4.69, 9.17) is 0 Å². The average molecular weight is 251 g/mol. The zero-order valence-corrected chi connectivity index (χ0v) is 11.2. The molecule has 1 saturated heterocycles. The number of rotatable bonds is 4. The number of benzene rings is 1. The maximum absolute atomic E-state index is 13.8. The normalized spacial score (nSPS) is 16.8. The molecule has 3 nitrogen and oxygen atoms in total. The molecule has 1 aromatic rings. The van der Waals surface area contributed by atoms with Gasteiger partial charge in [0.15, 0.2) is 0 Å². The lowest BCUT2D eigenvalue weighted by molar-refractivity contribution is 0.244. The number of anilines is 1. The van der Waals surface area contributed by atoms with Crippen LogP contribution in [0.4, 0.5) is 10.1 Å². The van der Waals surface area contributed by atoms with E-state index in [1.54, 1.807) is 11.0 Å². The first kappa shape index (κ1) is 13.3. The Morgan fingerprint density at radius 3 is 2.61 bits per heavy atom. The van der Waals surface area contributed by atoms with Gasteiger partial charge in [0.05, 0.1) is 5.69 Å². The molecular formula is C14H22FN3. The Morgan fingerprint density at radius 1 is 1.28 bits per heavy atom. The van der Waals surface area contributed by atoms with Crippen molar-refractivity contribution in [2.75, 3.05) is 51.7 Å². The highest BCUT2D eigenvalue weighted by molar-refractivity contribution is 5.47. The van der Waals surface area contributed by atoms with Crippen LogP contribution in [0.5, 0.6) is 0 Å². The lowest BCUT2D eigenvalue weighted by atomic mass is 10.1. The Bertz CT molecular complexity index is 387. The molecule has 0 aromatic heterocycles. The van der Waals surface area contributed by atoms with E-state index in [0.29, 0.717) is 5.69 Å². The van der Waals surface area contributed by atoms with Crippen LogP contribution in [0.25, 0.3) is 0 Å². The second-order valence-electron chi connectivity index (χ2n) is 5.02. The van der Waals surface area contributed by atoms with E-state index >= 15 is 0 Å². The van der Waals surface area contributed by atoms with Crippen LogP contribution in [0.2, 0.25) is 0 Å². The number of nitrogens with one attached hydrogen (secondary N) is 1. The first-order valence-corrected chi connectivity index (χ1v) is 6.55. The molecule has 0 aliphatic carbocycles. The van der Waals surface area contributed by atoms with Gasteiger partial charge in [0.25, 0.3) is 0 Å². The van der Waals surface area contributed by atoms with Gasteiger partial charge in [0.2, 0.25) is 0 Å². The van der Waals surface area contributed by atoms with E-state index in [0.717, 1.165) is 44.7 Å². The minimum absolute atomic E-state index is 0.127. The first-order valence-electron chi connectivity index (χ1n) is 6.55. The molecule has 100 valence electrons. The summed E-state index contributed by atoms with van der Waals surface area (Å²) < 4.78 is 13.8. The molecule has 0 saturated carbocycles. The number of hydrogen-bond acceptors (Lipinski definition) is 3. The zero-order chi connectivity index (χ0) is 13.0. The Labute approximate surface area is 109 Å². The fourth-order valence-electron chi connectivity index (χ4n) is 2.29. The zero-order valence-electron chi connectivity index (χ0n) is 11.2. The van der Waals surface area contributed by atoms with Crippen LogP contribution >= 0.6 is 0 Å². The van der Waals surface area contributed by atoms with Gasteiger partial charge in [-0.25, -0.2) is 4.39 Å². The molecule has 4 heteroatoms. The summed E-state index contributed by atoms with van der Waals surface area (Å²) in [6, 6.07) is 5.56. The predicted molar refractivity (Wildman–Crippen MR) is 73.7 cm³/mol. The predicted octanol–water partition coefficient (Wildman–Crippen LogP) is 1.34. The van der Waals surface area contributed by atoms with Gasteiger partial charge in [0.1, 0.15) is 5.82 Å². The summed E-state index contributed by atoms with van der Waals surface area (Å²) in [7, 11) is 3.72. The quantitative estimate of drug-likeness (QED) is 0.871. The summed E-state index contributed by atoms with van der Waals surface area (Å²) in [5.74, 6) is -0.127. The van der Waals surface area contributed by atoms with Gasteiger partial charge < -0.3 is 15.1 Å². The van der Waals surface area contributed by atoms with Crippen molar-refractivity contribution in [1.29, 1.82) is 0 Å². The monoisotopic (exact) mass is 251 g/mol. The Kier molecular flexibility index (Phi) is 4.55. The highest BCUT2D eigenvalue weighted by atomic mass is 19.1. The molecule has 1 aromatic carbocycles. The third kappa shape index (κ3) is 3.43. The molecule has 1 aliphatic heterocycles. The lowest BCUT2D eigenvalue weighted by Crippen LogP contribution is -2.44. The summed E-state index contributed by atoms with van der Waals surface area (Å²) in [6.45, 7) is 5.33. The minimum Gasteiger partial charge on any atom is -0.375 e. The van der Waals surface area contributed by atoms with Gasteiger partial charge in [-0.3, -0.25) is 0 Å². The number of hydrogen-bond donors (Lipinski definition) is 1. The Hall–Kier alpha value is -1.13. The second-order valence-corrected chi connectivity index (χ2v) is 5.02. The fourth-order valence-corrected chi connectivity index (χ4v) is 2.29. The Morgan fingerprint density at radius 2 is 2.00 bits per heavy atom. The molecule has 0 spiro atoms. The van der Waals surface area contributed by atoms with Crippen molar-refractivity contribution in [3.63, 3.8) is 0 Å². The standard InChI is InChI=1S/C14H22FN3/c1-17(2)14-4-3-12(11-13(14)15)5-8-18-9-6-16-7-10-18/h3-4,11,16H,5-10H2,1-2H3. The third-order valence-electron chi connectivity index (χ3n) is 3.42. The molecule has 0 atom stereocenters. The average Bonchev–Trinajstić information content (AvgIpc) is 2.37. The first-order chi connectivity index (χ1) is 8.66. The Balaban J connectivity index is 1.91. The molecule has 1 fully saturated rings. The van der Waals surface area contributed by atoms with Crippen LogP contribution in [0.1, 0.15) is 5.56 Å². The van der Waals surface area contributed by atoms with Crippen LogP contribution in [0.15, 0.2) is 18.2 Å². The lowest BCUT2D eigenvalue weighted by Gasteiger charge is -2.27. The van der Waals surface area contributed by atoms with Gasteiger partial charge in [-0.05, 0) is 24.1 Å². The topological polar surface area (TPSA) is 18.5 Å². The largest absolute Gasteiger partial charge is 0.375 e. The molecule has 2 rings (SSSR count). The molecule has 0 amide bonds. The van der Waals surface area contributed by atoms with Gasteiger partial charge in [0, 0.05) is 46.8 Å². The molecule has 1 heterocycles. The van der Waals surface area contributed by atoms with Crippen molar-refractivity contribution < 1.29 is 4.39 Å². The van der Waals surface area contributed by atoms with Crippen LogP contribution in [-0.4, -0.2) is 51.7 Å². The van der Waals surface area contributed by atoms with Crippen molar-refractivity contribution in [3.05, 3.63) is 29.6 Å². The highest BCUT2D eigenvalue weighted by Crippen LogP contribution is 2.18. The van der Waals surface area contributed by atoms with Crippen molar-refractivity contribution in [2.45, 2.75) is 6.42 Å². The van der Waals surface area contributed by atoms with E-state index in [2.05, 4.69) is 10.2 Å². The van der Waals surface area contributed by atoms with Gasteiger partial charge in [-0.2, -0.15) is 0 Å². The maximum atomic E-state index is 13.8. The number of halogens is 1. The smallest absolute Gasteiger partial charge is 0.146 e. The van der Waals surface area contributed by atoms with Crippen LogP contribution in [0, 0.1) is 5.82 Å². The summed E-state index contributed by atoms with van der Waals surface area (Å²) in [4.78, 5) is 4.23. The highest BCUT2D eigenvalue weighted by Gasteiger charge is 2.10.